The Morgan fingerprint density at radius 1 is 1.00 bits per heavy atom. The Morgan fingerprint density at radius 2 is 1.87 bits per heavy atom. The number of hydrogen-bond donors (Lipinski definition) is 1. The number of aromatic nitrogens is 1. The second-order valence-electron chi connectivity index (χ2n) is 10.7. The Balaban J connectivity index is 1.39. The maximum atomic E-state index is 15.3. The minimum absolute atomic E-state index is 0.215. The lowest BCUT2D eigenvalue weighted by Gasteiger charge is -2.22. The first kappa shape index (κ1) is 25.2. The molecule has 1 N–H and O–H groups in total. The van der Waals surface area contributed by atoms with Crippen LogP contribution < -0.4 is 10.6 Å². The van der Waals surface area contributed by atoms with Crippen molar-refractivity contribution in [3.05, 3.63) is 112 Å². The molecule has 0 amide bonds. The first-order valence-corrected chi connectivity index (χ1v) is 13.9. The number of fused-ring (bicyclic) bond motifs is 2. The molecule has 4 aromatic rings. The van der Waals surface area contributed by atoms with E-state index in [-0.39, 0.29) is 11.6 Å². The summed E-state index contributed by atoms with van der Waals surface area (Å²) in [5.74, 6) is 0.420. The van der Waals surface area contributed by atoms with Gasteiger partial charge in [0, 0.05) is 28.9 Å². The Bertz CT molecular complexity index is 1730. The van der Waals surface area contributed by atoms with Gasteiger partial charge in [-0.1, -0.05) is 48.6 Å². The Labute approximate surface area is 228 Å². The normalized spacial score (nSPS) is 18.8. The van der Waals surface area contributed by atoms with E-state index >= 15 is 4.39 Å². The van der Waals surface area contributed by atoms with Crippen molar-refractivity contribution < 1.29 is 9.50 Å². The van der Waals surface area contributed by atoms with E-state index in [0.717, 1.165) is 76.6 Å². The summed E-state index contributed by atoms with van der Waals surface area (Å²) in [5.41, 5.74) is 6.22. The number of allylic oxidation sites excluding steroid dienone is 1. The van der Waals surface area contributed by atoms with Gasteiger partial charge in [0.15, 0.2) is 0 Å². The number of phenols is 1. The molecule has 1 aromatic heterocycles. The van der Waals surface area contributed by atoms with Crippen LogP contribution >= 0.6 is 0 Å². The molecule has 4 heteroatoms. The van der Waals surface area contributed by atoms with Crippen molar-refractivity contribution in [1.82, 2.24) is 4.98 Å². The van der Waals surface area contributed by atoms with Gasteiger partial charge in [-0.25, -0.2) is 4.39 Å². The quantitative estimate of drug-likeness (QED) is 0.337. The van der Waals surface area contributed by atoms with Crippen molar-refractivity contribution in [2.45, 2.75) is 45.4 Å². The highest BCUT2D eigenvalue weighted by molar-refractivity contribution is 5.85. The number of halogens is 1. The molecule has 2 heterocycles. The summed E-state index contributed by atoms with van der Waals surface area (Å²) in [6.07, 6.45) is 13.8. The molecule has 0 saturated heterocycles. The molecule has 196 valence electrons. The molecule has 0 spiro atoms. The summed E-state index contributed by atoms with van der Waals surface area (Å²) >= 11 is 0. The fourth-order valence-corrected chi connectivity index (χ4v) is 5.92. The van der Waals surface area contributed by atoms with Crippen LogP contribution in [0.3, 0.4) is 0 Å². The van der Waals surface area contributed by atoms with Crippen molar-refractivity contribution in [3.8, 4) is 5.75 Å². The van der Waals surface area contributed by atoms with E-state index in [9.17, 15) is 5.11 Å². The minimum Gasteiger partial charge on any atom is -0.507 e. The van der Waals surface area contributed by atoms with E-state index in [0.29, 0.717) is 18.0 Å². The molecule has 1 atom stereocenters. The van der Waals surface area contributed by atoms with Crippen LogP contribution in [0.2, 0.25) is 0 Å². The summed E-state index contributed by atoms with van der Waals surface area (Å²) in [7, 11) is 0. The predicted octanol–water partition coefficient (Wildman–Crippen LogP) is 6.52. The second kappa shape index (κ2) is 11.0. The number of phenolic OH excluding ortho intramolecular Hbond substituents is 1. The molecule has 2 aliphatic rings. The standard InChI is InChI=1S/C35H33FN2O/c1-23(27-11-13-30(33(36)20-27)26-7-4-5-16-37-17-15-26)34-21-31-29(22-38-34)12-14-35(39)32(31)19-24-9-10-25-6-2-3-8-28(25)18-24/h2-3,6-8,11-14,16,19-22,24,39H,4-5,9-10,15,17-18H2,1H3/b26-7?,32-19+,34-23-,37-16?. The Morgan fingerprint density at radius 3 is 2.74 bits per heavy atom. The van der Waals surface area contributed by atoms with E-state index < -0.39 is 0 Å². The number of pyridine rings is 1. The van der Waals surface area contributed by atoms with Gasteiger partial charge in [-0.3, -0.25) is 9.98 Å². The van der Waals surface area contributed by atoms with Crippen molar-refractivity contribution in [3.63, 3.8) is 0 Å². The van der Waals surface area contributed by atoms with Crippen molar-refractivity contribution in [2.75, 3.05) is 6.54 Å². The molecule has 1 unspecified atom stereocenters. The zero-order chi connectivity index (χ0) is 26.8. The highest BCUT2D eigenvalue weighted by Crippen LogP contribution is 2.28. The number of rotatable bonds is 3. The topological polar surface area (TPSA) is 45.5 Å². The van der Waals surface area contributed by atoms with Crippen molar-refractivity contribution in [1.29, 1.82) is 0 Å². The van der Waals surface area contributed by atoms with Gasteiger partial charge in [0.1, 0.15) is 11.6 Å². The van der Waals surface area contributed by atoms with Crippen LogP contribution in [0.4, 0.5) is 4.39 Å². The van der Waals surface area contributed by atoms with Gasteiger partial charge in [-0.2, -0.15) is 0 Å². The van der Waals surface area contributed by atoms with Gasteiger partial charge < -0.3 is 5.11 Å². The van der Waals surface area contributed by atoms with Crippen LogP contribution in [-0.2, 0) is 12.8 Å². The van der Waals surface area contributed by atoms with E-state index in [1.54, 1.807) is 12.1 Å². The van der Waals surface area contributed by atoms with Crippen LogP contribution in [-0.4, -0.2) is 22.8 Å². The maximum Gasteiger partial charge on any atom is 0.131 e. The SMILES string of the molecule is C/C(c1ccc(C2=CCCC=NCC2)c(F)c1)=c1\cc2/c(=C\C3CCc4ccccc4C3)c(O)ccc2cn1. The Kier molecular flexibility index (Phi) is 7.10. The highest BCUT2D eigenvalue weighted by atomic mass is 19.1. The third-order valence-corrected chi connectivity index (χ3v) is 8.17. The number of nitrogens with zero attached hydrogens (tertiary/aromatic N) is 2. The van der Waals surface area contributed by atoms with Crippen LogP contribution in [0.15, 0.2) is 77.9 Å². The van der Waals surface area contributed by atoms with E-state index in [1.807, 2.05) is 43.6 Å². The predicted molar refractivity (Wildman–Crippen MR) is 159 cm³/mol. The lowest BCUT2D eigenvalue weighted by atomic mass is 9.83. The molecule has 3 nitrogen and oxygen atoms in total. The zero-order valence-electron chi connectivity index (χ0n) is 22.3. The highest BCUT2D eigenvalue weighted by Gasteiger charge is 2.17. The van der Waals surface area contributed by atoms with Gasteiger partial charge in [0.2, 0.25) is 0 Å². The van der Waals surface area contributed by atoms with Crippen LogP contribution in [0.25, 0.3) is 28.0 Å². The second-order valence-corrected chi connectivity index (χ2v) is 10.7. The third kappa shape index (κ3) is 5.29. The third-order valence-electron chi connectivity index (χ3n) is 8.17. The molecule has 3 aromatic carbocycles. The van der Waals surface area contributed by atoms with Gasteiger partial charge in [0.05, 0.1) is 5.35 Å². The molecule has 1 aliphatic carbocycles. The van der Waals surface area contributed by atoms with Crippen LogP contribution in [0.5, 0.6) is 5.75 Å². The largest absolute Gasteiger partial charge is 0.507 e. The van der Waals surface area contributed by atoms with Crippen molar-refractivity contribution in [2.24, 2.45) is 10.9 Å². The smallest absolute Gasteiger partial charge is 0.131 e. The summed E-state index contributed by atoms with van der Waals surface area (Å²) in [6.45, 7) is 2.68. The summed E-state index contributed by atoms with van der Waals surface area (Å²) in [6, 6.07) is 19.8. The summed E-state index contributed by atoms with van der Waals surface area (Å²) in [5, 5.41) is 14.5. The molecule has 39 heavy (non-hydrogen) atoms. The maximum absolute atomic E-state index is 15.3. The van der Waals surface area contributed by atoms with Gasteiger partial charge in [-0.15, -0.1) is 0 Å². The van der Waals surface area contributed by atoms with Gasteiger partial charge in [0.25, 0.3) is 0 Å². The molecular weight excluding hydrogens is 483 g/mol. The summed E-state index contributed by atoms with van der Waals surface area (Å²) < 4.78 is 15.3. The van der Waals surface area contributed by atoms with Crippen molar-refractivity contribution >= 4 is 34.2 Å². The molecule has 0 fully saturated rings. The lowest BCUT2D eigenvalue weighted by Crippen LogP contribution is -2.17. The average molecular weight is 517 g/mol. The zero-order valence-corrected chi connectivity index (χ0v) is 22.3. The molecule has 6 rings (SSSR count). The molecule has 0 saturated carbocycles. The number of benzene rings is 3. The minimum atomic E-state index is -0.215. The average Bonchev–Trinajstić information content (AvgIpc) is 2.94. The van der Waals surface area contributed by atoms with Crippen LogP contribution in [0.1, 0.15) is 54.9 Å². The Hall–Kier alpha value is -4.05. The number of aromatic hydroxyl groups is 1. The lowest BCUT2D eigenvalue weighted by molar-refractivity contribution is 0.470. The number of hydrogen-bond acceptors (Lipinski definition) is 3. The molecule has 0 bridgehead atoms. The number of aryl methyl sites for hydroxylation is 1. The first-order chi connectivity index (χ1) is 19.1. The van der Waals surface area contributed by atoms with E-state index in [2.05, 4.69) is 41.4 Å². The number of aliphatic imine (C=N–C) groups is 1. The van der Waals surface area contributed by atoms with Crippen LogP contribution in [0, 0.1) is 11.7 Å². The molecule has 1 aliphatic heterocycles. The fourth-order valence-electron chi connectivity index (χ4n) is 5.92. The molecule has 0 radical (unpaired) electrons. The van der Waals surface area contributed by atoms with Gasteiger partial charge in [-0.05, 0) is 115 Å². The first-order valence-electron chi connectivity index (χ1n) is 13.9. The monoisotopic (exact) mass is 516 g/mol. The molecular formula is C35H33FN2O. The summed E-state index contributed by atoms with van der Waals surface area (Å²) in [4.78, 5) is 9.10. The van der Waals surface area contributed by atoms with E-state index in [4.69, 9.17) is 4.98 Å². The van der Waals surface area contributed by atoms with Gasteiger partial charge >= 0.3 is 0 Å². The van der Waals surface area contributed by atoms with E-state index in [1.165, 1.54) is 11.1 Å². The fraction of sp³-hybridized carbons (Fsp3) is 0.257.